The Morgan fingerprint density at radius 1 is 0.971 bits per heavy atom. The number of aromatic nitrogens is 3. The number of allylic oxidation sites excluding steroid dienone is 1. The Balaban J connectivity index is 1.63. The molecule has 166 valence electrons. The molecule has 2 aromatic heterocycles. The summed E-state index contributed by atoms with van der Waals surface area (Å²) in [5, 5.41) is 4.85. The Kier molecular flexibility index (Phi) is 5.03. The van der Waals surface area contributed by atoms with Crippen LogP contribution < -0.4 is 5.56 Å². The number of fused-ring (bicyclic) bond motifs is 2. The molecule has 0 spiro atoms. The van der Waals surface area contributed by atoms with E-state index in [0.717, 1.165) is 38.3 Å². The quantitative estimate of drug-likeness (QED) is 0.277. The summed E-state index contributed by atoms with van der Waals surface area (Å²) in [5.74, 6) is 1.21. The van der Waals surface area contributed by atoms with E-state index < -0.39 is 0 Å². The monoisotopic (exact) mass is 509 g/mol. The normalized spacial score (nSPS) is 15.2. The van der Waals surface area contributed by atoms with E-state index >= 15 is 0 Å². The van der Waals surface area contributed by atoms with E-state index in [4.69, 9.17) is 9.51 Å². The lowest BCUT2D eigenvalue weighted by atomic mass is 9.82. The summed E-state index contributed by atoms with van der Waals surface area (Å²) in [6, 6.07) is 25.5. The van der Waals surface area contributed by atoms with Gasteiger partial charge in [-0.3, -0.25) is 9.36 Å². The summed E-state index contributed by atoms with van der Waals surface area (Å²) in [4.78, 5) is 18.9. The van der Waals surface area contributed by atoms with E-state index in [9.17, 15) is 4.79 Å². The minimum atomic E-state index is -0.192. The molecule has 0 amide bonds. The lowest BCUT2D eigenvalue weighted by Crippen LogP contribution is -2.27. The van der Waals surface area contributed by atoms with Crippen LogP contribution in [0.15, 0.2) is 92.7 Å². The smallest absolute Gasteiger partial charge is 0.265 e. The van der Waals surface area contributed by atoms with Gasteiger partial charge in [-0.05, 0) is 67.0 Å². The maximum Gasteiger partial charge on any atom is 0.265 e. The third-order valence-corrected chi connectivity index (χ3v) is 6.89. The summed E-state index contributed by atoms with van der Waals surface area (Å²) in [6.45, 7) is 1.94. The van der Waals surface area contributed by atoms with Gasteiger partial charge in [-0.25, -0.2) is 4.98 Å². The van der Waals surface area contributed by atoms with Gasteiger partial charge in [0.15, 0.2) is 5.76 Å². The van der Waals surface area contributed by atoms with Crippen LogP contribution >= 0.6 is 15.9 Å². The van der Waals surface area contributed by atoms with E-state index in [2.05, 4.69) is 39.3 Å². The molecule has 3 aromatic carbocycles. The van der Waals surface area contributed by atoms with Gasteiger partial charge in [0, 0.05) is 10.0 Å². The van der Waals surface area contributed by atoms with E-state index in [0.29, 0.717) is 23.1 Å². The number of para-hydroxylation sites is 1. The molecule has 5 nitrogen and oxygen atoms in total. The van der Waals surface area contributed by atoms with Crippen LogP contribution in [0, 0.1) is 6.92 Å². The zero-order valence-corrected chi connectivity index (χ0v) is 20.0. The molecule has 1 unspecified atom stereocenters. The highest BCUT2D eigenvalue weighted by molar-refractivity contribution is 9.10. The SMILES string of the molecule is Cc1noc2c1C(c1nc3ccccc3c(=O)n1-c1ccc(Br)cc1)CC(c1ccccc1)=C2. The molecule has 6 heteroatoms. The van der Waals surface area contributed by atoms with Gasteiger partial charge in [-0.1, -0.05) is 63.6 Å². The van der Waals surface area contributed by atoms with Crippen LogP contribution in [0.4, 0.5) is 0 Å². The average Bonchev–Trinajstić information content (AvgIpc) is 3.25. The average molecular weight is 510 g/mol. The van der Waals surface area contributed by atoms with Crippen molar-refractivity contribution in [2.24, 2.45) is 0 Å². The molecule has 0 aliphatic heterocycles. The van der Waals surface area contributed by atoms with Gasteiger partial charge >= 0.3 is 0 Å². The number of rotatable bonds is 3. The first-order chi connectivity index (χ1) is 16.6. The van der Waals surface area contributed by atoms with Gasteiger partial charge < -0.3 is 4.52 Å². The first-order valence-electron chi connectivity index (χ1n) is 11.1. The molecule has 1 atom stereocenters. The standard InChI is InChI=1S/C28H20BrN3O2/c1-17-26-23(15-19(16-25(26)34-31-17)18-7-3-2-4-8-18)27-30-24-10-6-5-9-22(24)28(33)32(27)21-13-11-20(29)12-14-21/h2-14,16,23H,15H2,1H3. The van der Waals surface area contributed by atoms with Crippen molar-refractivity contribution in [3.8, 4) is 5.69 Å². The van der Waals surface area contributed by atoms with E-state index in [1.54, 1.807) is 4.57 Å². The minimum Gasteiger partial charge on any atom is -0.356 e. The minimum absolute atomic E-state index is 0.0885. The predicted octanol–water partition coefficient (Wildman–Crippen LogP) is 6.52. The van der Waals surface area contributed by atoms with Crippen LogP contribution in [0.25, 0.3) is 28.2 Å². The number of hydrogen-bond donors (Lipinski definition) is 0. The van der Waals surface area contributed by atoms with Crippen LogP contribution in [-0.4, -0.2) is 14.7 Å². The first kappa shape index (κ1) is 20.8. The Morgan fingerprint density at radius 2 is 1.71 bits per heavy atom. The first-order valence-corrected chi connectivity index (χ1v) is 11.9. The molecule has 2 heterocycles. The van der Waals surface area contributed by atoms with Crippen molar-refractivity contribution in [3.05, 3.63) is 122 Å². The van der Waals surface area contributed by atoms with Gasteiger partial charge in [0.05, 0.1) is 28.2 Å². The lowest BCUT2D eigenvalue weighted by molar-refractivity contribution is 0.406. The summed E-state index contributed by atoms with van der Waals surface area (Å²) >= 11 is 3.50. The predicted molar refractivity (Wildman–Crippen MR) is 137 cm³/mol. The van der Waals surface area contributed by atoms with Crippen molar-refractivity contribution in [2.75, 3.05) is 0 Å². The van der Waals surface area contributed by atoms with Crippen LogP contribution in [0.5, 0.6) is 0 Å². The largest absolute Gasteiger partial charge is 0.356 e. The summed E-state index contributed by atoms with van der Waals surface area (Å²) in [6.07, 6.45) is 2.74. The number of aryl methyl sites for hydroxylation is 1. The van der Waals surface area contributed by atoms with E-state index in [1.165, 1.54) is 0 Å². The highest BCUT2D eigenvalue weighted by Crippen LogP contribution is 2.43. The molecule has 0 N–H and O–H groups in total. The molecular formula is C28H20BrN3O2. The second kappa shape index (κ2) is 8.22. The molecule has 5 aromatic rings. The number of nitrogens with zero attached hydrogens (tertiary/aromatic N) is 3. The Labute approximate surface area is 204 Å². The number of halogens is 1. The van der Waals surface area contributed by atoms with Crippen LogP contribution in [-0.2, 0) is 0 Å². The maximum absolute atomic E-state index is 13.8. The van der Waals surface area contributed by atoms with Gasteiger partial charge in [-0.2, -0.15) is 0 Å². The highest BCUT2D eigenvalue weighted by Gasteiger charge is 2.33. The Morgan fingerprint density at radius 3 is 2.50 bits per heavy atom. The summed E-state index contributed by atoms with van der Waals surface area (Å²) in [7, 11) is 0. The van der Waals surface area contributed by atoms with E-state index in [1.807, 2.05) is 73.7 Å². The second-order valence-corrected chi connectivity index (χ2v) is 9.36. The molecular weight excluding hydrogens is 490 g/mol. The molecule has 0 saturated carbocycles. The molecule has 0 fully saturated rings. The lowest BCUT2D eigenvalue weighted by Gasteiger charge is -2.25. The van der Waals surface area contributed by atoms with Crippen molar-refractivity contribution in [1.29, 1.82) is 0 Å². The van der Waals surface area contributed by atoms with Crippen LogP contribution in [0.1, 0.15) is 40.7 Å². The van der Waals surface area contributed by atoms with Crippen molar-refractivity contribution in [2.45, 2.75) is 19.3 Å². The van der Waals surface area contributed by atoms with Gasteiger partial charge in [0.1, 0.15) is 5.82 Å². The molecule has 1 aliphatic rings. The maximum atomic E-state index is 13.8. The summed E-state index contributed by atoms with van der Waals surface area (Å²) < 4.78 is 8.41. The van der Waals surface area contributed by atoms with E-state index in [-0.39, 0.29) is 11.5 Å². The van der Waals surface area contributed by atoms with Crippen molar-refractivity contribution < 1.29 is 4.52 Å². The topological polar surface area (TPSA) is 60.9 Å². The molecule has 0 bridgehead atoms. The Hall–Kier alpha value is -3.77. The third kappa shape index (κ3) is 3.42. The van der Waals surface area contributed by atoms with Crippen molar-refractivity contribution in [1.82, 2.24) is 14.7 Å². The zero-order chi connectivity index (χ0) is 23.2. The number of benzene rings is 3. The third-order valence-electron chi connectivity index (χ3n) is 6.36. The summed E-state index contributed by atoms with van der Waals surface area (Å²) in [5.41, 5.74) is 5.40. The molecule has 1 aliphatic carbocycles. The Bertz CT molecular complexity index is 1620. The number of hydrogen-bond acceptors (Lipinski definition) is 4. The van der Waals surface area contributed by atoms with Crippen molar-refractivity contribution in [3.63, 3.8) is 0 Å². The van der Waals surface area contributed by atoms with Crippen LogP contribution in [0.3, 0.4) is 0 Å². The highest BCUT2D eigenvalue weighted by atomic mass is 79.9. The molecule has 0 radical (unpaired) electrons. The van der Waals surface area contributed by atoms with Crippen LogP contribution in [0.2, 0.25) is 0 Å². The molecule has 34 heavy (non-hydrogen) atoms. The zero-order valence-electron chi connectivity index (χ0n) is 18.4. The van der Waals surface area contributed by atoms with Gasteiger partial charge in [0.25, 0.3) is 5.56 Å². The van der Waals surface area contributed by atoms with Gasteiger partial charge in [-0.15, -0.1) is 0 Å². The second-order valence-electron chi connectivity index (χ2n) is 8.44. The molecule has 6 rings (SSSR count). The fraction of sp³-hybridized carbons (Fsp3) is 0.107. The van der Waals surface area contributed by atoms with Gasteiger partial charge in [0.2, 0.25) is 0 Å². The fourth-order valence-electron chi connectivity index (χ4n) is 4.76. The molecule has 0 saturated heterocycles. The fourth-order valence-corrected chi connectivity index (χ4v) is 5.02. The van der Waals surface area contributed by atoms with Crippen molar-refractivity contribution >= 4 is 38.5 Å².